The summed E-state index contributed by atoms with van der Waals surface area (Å²) in [6.45, 7) is 9.25. The third-order valence-electron chi connectivity index (χ3n) is 7.39. The molecule has 5 rings (SSSR count). The molecule has 0 aliphatic carbocycles. The summed E-state index contributed by atoms with van der Waals surface area (Å²) < 4.78 is 40.3. The molecular formula is C33H36F2N6O3. The highest BCUT2D eigenvalue weighted by Gasteiger charge is 2.20. The van der Waals surface area contributed by atoms with E-state index in [2.05, 4.69) is 37.4 Å². The Morgan fingerprint density at radius 2 is 1.73 bits per heavy atom. The summed E-state index contributed by atoms with van der Waals surface area (Å²) in [6.07, 6.45) is 2.11. The number of hydrogen-bond acceptors (Lipinski definition) is 8. The van der Waals surface area contributed by atoms with Gasteiger partial charge >= 0.3 is 0 Å². The van der Waals surface area contributed by atoms with E-state index in [4.69, 9.17) is 9.47 Å². The van der Waals surface area contributed by atoms with Crippen molar-refractivity contribution >= 4 is 23.2 Å². The predicted molar refractivity (Wildman–Crippen MR) is 166 cm³/mol. The molecule has 1 amide bonds. The topological polar surface area (TPSA) is 91.8 Å². The number of nitrogens with zero attached hydrogens (tertiary/aromatic N) is 4. The second-order valence-corrected chi connectivity index (χ2v) is 10.8. The van der Waals surface area contributed by atoms with E-state index in [0.717, 1.165) is 50.3 Å². The van der Waals surface area contributed by atoms with Gasteiger partial charge in [-0.15, -0.1) is 0 Å². The number of piperazine rings is 1. The van der Waals surface area contributed by atoms with Crippen molar-refractivity contribution < 1.29 is 23.0 Å². The lowest BCUT2D eigenvalue weighted by Crippen LogP contribution is -2.44. The zero-order valence-corrected chi connectivity index (χ0v) is 25.1. The average molecular weight is 603 g/mol. The minimum atomic E-state index is -0.532. The molecule has 0 bridgehead atoms. The molecule has 0 unspecified atom stereocenters. The van der Waals surface area contributed by atoms with Gasteiger partial charge in [-0.05, 0) is 62.7 Å². The number of ether oxygens (including phenoxy) is 2. The maximum absolute atomic E-state index is 14.9. The lowest BCUT2D eigenvalue weighted by Gasteiger charge is -2.32. The number of likely N-dealkylation sites (N-methyl/N-ethyl adjacent to an activating group) is 1. The Morgan fingerprint density at radius 3 is 2.45 bits per heavy atom. The zero-order valence-electron chi connectivity index (χ0n) is 25.1. The highest BCUT2D eigenvalue weighted by atomic mass is 19.1. The van der Waals surface area contributed by atoms with Gasteiger partial charge in [-0.25, -0.2) is 13.8 Å². The number of aromatic nitrogens is 2. The van der Waals surface area contributed by atoms with Gasteiger partial charge < -0.3 is 29.9 Å². The third kappa shape index (κ3) is 8.06. The van der Waals surface area contributed by atoms with Crippen LogP contribution in [-0.4, -0.2) is 72.1 Å². The van der Waals surface area contributed by atoms with Crippen LogP contribution in [0.1, 0.15) is 27.9 Å². The third-order valence-corrected chi connectivity index (χ3v) is 7.39. The number of amides is 1. The fourth-order valence-electron chi connectivity index (χ4n) is 4.86. The molecule has 2 heterocycles. The number of aryl methyl sites for hydroxylation is 2. The Balaban J connectivity index is 1.28. The van der Waals surface area contributed by atoms with Crippen molar-refractivity contribution in [3.8, 4) is 17.4 Å². The standard InChI is InChI=1S/C33H36F2N6O3/c1-22-7-4-8-23(2)30(22)38-31(42)27-21-36-33(39-32(27)44-26-10-5-9-24(34)19-26)37-25-11-12-29(28(35)20-25)43-18-6-13-41-16-14-40(3)15-17-41/h4-5,7-12,19-21H,6,13-18H2,1-3H3,(H,38,42)(H,36,37,39). The Hall–Kier alpha value is -4.61. The zero-order chi connectivity index (χ0) is 31.1. The molecule has 0 spiro atoms. The van der Waals surface area contributed by atoms with Crippen LogP contribution in [0.2, 0.25) is 0 Å². The van der Waals surface area contributed by atoms with Gasteiger partial charge in [-0.3, -0.25) is 4.79 Å². The average Bonchev–Trinajstić information content (AvgIpc) is 2.99. The second-order valence-electron chi connectivity index (χ2n) is 10.8. The van der Waals surface area contributed by atoms with Gasteiger partial charge in [0.2, 0.25) is 11.8 Å². The monoisotopic (exact) mass is 602 g/mol. The van der Waals surface area contributed by atoms with Gasteiger partial charge in [0.25, 0.3) is 5.91 Å². The van der Waals surface area contributed by atoms with Crippen LogP contribution in [0.5, 0.6) is 17.4 Å². The van der Waals surface area contributed by atoms with Crippen molar-refractivity contribution in [2.75, 3.05) is 57.0 Å². The summed E-state index contributed by atoms with van der Waals surface area (Å²) in [5.41, 5.74) is 2.84. The molecule has 1 aromatic heterocycles. The Morgan fingerprint density at radius 1 is 0.977 bits per heavy atom. The Labute approximate surface area is 255 Å². The molecule has 1 fully saturated rings. The molecule has 230 valence electrons. The highest BCUT2D eigenvalue weighted by molar-refractivity contribution is 6.06. The van der Waals surface area contributed by atoms with Crippen LogP contribution in [0.3, 0.4) is 0 Å². The summed E-state index contributed by atoms with van der Waals surface area (Å²) >= 11 is 0. The largest absolute Gasteiger partial charge is 0.490 e. The van der Waals surface area contributed by atoms with E-state index < -0.39 is 17.5 Å². The molecule has 1 aliphatic heterocycles. The molecule has 0 saturated carbocycles. The molecule has 9 nitrogen and oxygen atoms in total. The first kappa shape index (κ1) is 30.8. The number of anilines is 3. The molecule has 4 aromatic rings. The first-order valence-corrected chi connectivity index (χ1v) is 14.5. The molecule has 3 aromatic carbocycles. The smallest absolute Gasteiger partial charge is 0.262 e. The molecule has 0 radical (unpaired) electrons. The number of rotatable bonds is 11. The maximum atomic E-state index is 14.9. The van der Waals surface area contributed by atoms with Crippen molar-refractivity contribution in [3.05, 3.63) is 95.2 Å². The van der Waals surface area contributed by atoms with Gasteiger partial charge in [0.15, 0.2) is 11.6 Å². The van der Waals surface area contributed by atoms with Gasteiger partial charge in [0, 0.05) is 62.4 Å². The number of nitrogens with one attached hydrogen (secondary N) is 2. The van der Waals surface area contributed by atoms with E-state index in [0.29, 0.717) is 18.0 Å². The highest BCUT2D eigenvalue weighted by Crippen LogP contribution is 2.29. The van der Waals surface area contributed by atoms with Crippen LogP contribution in [0.25, 0.3) is 0 Å². The van der Waals surface area contributed by atoms with E-state index >= 15 is 0 Å². The summed E-state index contributed by atoms with van der Waals surface area (Å²) in [5.74, 6) is -1.28. The second kappa shape index (κ2) is 14.2. The number of benzene rings is 3. The molecule has 44 heavy (non-hydrogen) atoms. The minimum Gasteiger partial charge on any atom is -0.490 e. The minimum absolute atomic E-state index is 0.0361. The molecular weight excluding hydrogens is 566 g/mol. The Kier molecular flexibility index (Phi) is 9.98. The molecule has 11 heteroatoms. The fourth-order valence-corrected chi connectivity index (χ4v) is 4.86. The Bertz CT molecular complexity index is 1590. The summed E-state index contributed by atoms with van der Waals surface area (Å²) in [5, 5.41) is 5.84. The van der Waals surface area contributed by atoms with Gasteiger partial charge in [-0.1, -0.05) is 24.3 Å². The molecule has 1 saturated heterocycles. The van der Waals surface area contributed by atoms with Crippen LogP contribution in [0.15, 0.2) is 66.9 Å². The lowest BCUT2D eigenvalue weighted by atomic mass is 10.1. The van der Waals surface area contributed by atoms with Crippen LogP contribution in [0.4, 0.5) is 26.1 Å². The van der Waals surface area contributed by atoms with Crippen LogP contribution >= 0.6 is 0 Å². The number of carbonyl (C=O) groups excluding carboxylic acids is 1. The van der Waals surface area contributed by atoms with Crippen molar-refractivity contribution in [1.82, 2.24) is 19.8 Å². The number of para-hydroxylation sites is 1. The van der Waals surface area contributed by atoms with Crippen LogP contribution < -0.4 is 20.1 Å². The van der Waals surface area contributed by atoms with Gasteiger partial charge in [0.1, 0.15) is 17.1 Å². The SMILES string of the molecule is Cc1cccc(C)c1NC(=O)c1cnc(Nc2ccc(OCCCN3CCN(C)CC3)c(F)c2)nc1Oc1cccc(F)c1. The quantitative estimate of drug-likeness (QED) is 0.197. The van der Waals surface area contributed by atoms with Crippen molar-refractivity contribution in [2.45, 2.75) is 20.3 Å². The van der Waals surface area contributed by atoms with Gasteiger partial charge in [-0.2, -0.15) is 4.98 Å². The van der Waals surface area contributed by atoms with E-state index in [9.17, 15) is 13.6 Å². The first-order valence-electron chi connectivity index (χ1n) is 14.5. The van der Waals surface area contributed by atoms with E-state index in [1.807, 2.05) is 32.0 Å². The molecule has 2 N–H and O–H groups in total. The predicted octanol–water partition coefficient (Wildman–Crippen LogP) is 6.18. The summed E-state index contributed by atoms with van der Waals surface area (Å²) in [6, 6.07) is 15.7. The number of halogens is 2. The van der Waals surface area contributed by atoms with Crippen LogP contribution in [0, 0.1) is 25.5 Å². The lowest BCUT2D eigenvalue weighted by molar-refractivity contribution is 0.102. The maximum Gasteiger partial charge on any atom is 0.262 e. The number of carbonyl (C=O) groups is 1. The normalized spacial score (nSPS) is 13.8. The van der Waals surface area contributed by atoms with Crippen LogP contribution in [-0.2, 0) is 0 Å². The van der Waals surface area contributed by atoms with E-state index in [1.54, 1.807) is 18.2 Å². The van der Waals surface area contributed by atoms with Crippen molar-refractivity contribution in [2.24, 2.45) is 0 Å². The van der Waals surface area contributed by atoms with Gasteiger partial charge in [0.05, 0.1) is 6.61 Å². The first-order chi connectivity index (χ1) is 21.2. The summed E-state index contributed by atoms with van der Waals surface area (Å²) in [4.78, 5) is 26.7. The molecule has 1 aliphatic rings. The van der Waals surface area contributed by atoms with Crippen molar-refractivity contribution in [3.63, 3.8) is 0 Å². The summed E-state index contributed by atoms with van der Waals surface area (Å²) in [7, 11) is 2.12. The molecule has 0 atom stereocenters. The fraction of sp³-hybridized carbons (Fsp3) is 0.303. The van der Waals surface area contributed by atoms with Crippen molar-refractivity contribution in [1.29, 1.82) is 0 Å². The van der Waals surface area contributed by atoms with E-state index in [-0.39, 0.29) is 28.9 Å². The number of hydrogen-bond donors (Lipinski definition) is 2. The van der Waals surface area contributed by atoms with E-state index in [1.165, 1.54) is 30.5 Å².